The van der Waals surface area contributed by atoms with E-state index >= 15 is 0 Å². The van der Waals surface area contributed by atoms with Crippen molar-refractivity contribution in [2.45, 2.75) is 13.3 Å². The van der Waals surface area contributed by atoms with Crippen LogP contribution in [0.3, 0.4) is 0 Å². The van der Waals surface area contributed by atoms with Gasteiger partial charge in [0.25, 0.3) is 0 Å². The molecule has 1 nitrogen and oxygen atoms in total. The summed E-state index contributed by atoms with van der Waals surface area (Å²) in [6.45, 7) is 2.08. The molecule has 0 unspecified atom stereocenters. The highest BCUT2D eigenvalue weighted by Gasteiger charge is 1.91. The van der Waals surface area contributed by atoms with Crippen LogP contribution in [-0.4, -0.2) is 0 Å². The number of aryl methyl sites for hydroxylation is 1. The fourth-order valence-electron chi connectivity index (χ4n) is 1.06. The van der Waals surface area contributed by atoms with E-state index in [1.165, 1.54) is 11.1 Å². The van der Waals surface area contributed by atoms with Gasteiger partial charge in [0.1, 0.15) is 0 Å². The van der Waals surface area contributed by atoms with Crippen LogP contribution in [0, 0.1) is 6.92 Å². The quantitative estimate of drug-likeness (QED) is 0.648. The molecule has 0 spiro atoms. The van der Waals surface area contributed by atoms with Crippen molar-refractivity contribution in [3.05, 3.63) is 47.3 Å². The Bertz CT molecular complexity index is 292. The summed E-state index contributed by atoms with van der Waals surface area (Å²) >= 11 is 0. The molecule has 2 heteroatoms. The Balaban J connectivity index is 2.69. The van der Waals surface area contributed by atoms with E-state index in [4.69, 9.17) is 0 Å². The lowest BCUT2D eigenvalue weighted by Gasteiger charge is -1.99. The zero-order valence-corrected chi connectivity index (χ0v) is 7.92. The molecule has 0 heterocycles. The molecule has 62 valence electrons. The Labute approximate surface area is 74.3 Å². The molecule has 0 radical (unpaired) electrons. The van der Waals surface area contributed by atoms with Gasteiger partial charge in [-0.25, -0.2) is 0 Å². The normalized spacial score (nSPS) is 11.1. The summed E-state index contributed by atoms with van der Waals surface area (Å²) in [7, 11) is 0.0859. The van der Waals surface area contributed by atoms with Crippen LogP contribution in [0.1, 0.15) is 11.1 Å². The maximum absolute atomic E-state index is 10.1. The fourth-order valence-corrected chi connectivity index (χ4v) is 1.25. The van der Waals surface area contributed by atoms with Crippen LogP contribution < -0.4 is 0 Å². The van der Waals surface area contributed by atoms with Gasteiger partial charge in [-0.15, -0.1) is 0 Å². The minimum atomic E-state index is 0.0859. The first-order valence-corrected chi connectivity index (χ1v) is 4.74. The van der Waals surface area contributed by atoms with E-state index in [2.05, 4.69) is 19.1 Å². The number of benzene rings is 1. The lowest BCUT2D eigenvalue weighted by Crippen LogP contribution is -1.84. The highest BCUT2D eigenvalue weighted by atomic mass is 31.1. The second kappa shape index (κ2) is 4.84. The number of hydrogen-bond acceptors (Lipinski definition) is 1. The van der Waals surface area contributed by atoms with E-state index in [0.29, 0.717) is 0 Å². The number of allylic oxidation sites excluding steroid dienone is 1. The maximum atomic E-state index is 10.1. The second-order valence-electron chi connectivity index (χ2n) is 2.62. The zero-order valence-electron chi connectivity index (χ0n) is 7.03. The molecule has 0 aliphatic carbocycles. The highest BCUT2D eigenvalue weighted by Crippen LogP contribution is 2.08. The van der Waals surface area contributed by atoms with Crippen LogP contribution in [0.15, 0.2) is 36.2 Å². The SMILES string of the molecule is Cc1ccccc1CC=CP=O. The Morgan fingerprint density at radius 1 is 1.42 bits per heavy atom. The molecule has 0 N–H and O–H groups in total. The van der Waals surface area contributed by atoms with Crippen LogP contribution in [0.4, 0.5) is 0 Å². The molecular weight excluding hydrogens is 167 g/mol. The third-order valence-electron chi connectivity index (χ3n) is 1.77. The summed E-state index contributed by atoms with van der Waals surface area (Å²) in [6.07, 6.45) is 2.78. The van der Waals surface area contributed by atoms with Crippen molar-refractivity contribution >= 4 is 8.46 Å². The van der Waals surface area contributed by atoms with Crippen molar-refractivity contribution in [2.24, 2.45) is 0 Å². The minimum Gasteiger partial charge on any atom is -0.270 e. The molecule has 1 rings (SSSR count). The molecule has 0 aliphatic rings. The van der Waals surface area contributed by atoms with Crippen molar-refractivity contribution in [1.82, 2.24) is 0 Å². The second-order valence-corrected chi connectivity index (χ2v) is 3.13. The molecule has 0 saturated carbocycles. The summed E-state index contributed by atoms with van der Waals surface area (Å²) in [5, 5.41) is 0. The largest absolute Gasteiger partial charge is 0.270 e. The van der Waals surface area contributed by atoms with Gasteiger partial charge in [-0.3, -0.25) is 4.57 Å². The molecule has 0 atom stereocenters. The molecule has 0 fully saturated rings. The molecule has 1 aromatic rings. The van der Waals surface area contributed by atoms with Gasteiger partial charge in [0.15, 0.2) is 8.46 Å². The van der Waals surface area contributed by atoms with E-state index in [0.717, 1.165) is 6.42 Å². The maximum Gasteiger partial charge on any atom is 0.183 e. The number of hydrogen-bond donors (Lipinski definition) is 0. The van der Waals surface area contributed by atoms with Gasteiger partial charge in [-0.2, -0.15) is 0 Å². The van der Waals surface area contributed by atoms with E-state index in [1.807, 2.05) is 18.2 Å². The van der Waals surface area contributed by atoms with Crippen molar-refractivity contribution in [3.8, 4) is 0 Å². The number of rotatable bonds is 3. The Hall–Kier alpha value is -0.940. The van der Waals surface area contributed by atoms with E-state index in [9.17, 15) is 4.57 Å². The van der Waals surface area contributed by atoms with Gasteiger partial charge in [0, 0.05) is 5.82 Å². The van der Waals surface area contributed by atoms with E-state index < -0.39 is 0 Å². The minimum absolute atomic E-state index is 0.0859. The van der Waals surface area contributed by atoms with Crippen LogP contribution in [0.2, 0.25) is 0 Å². The first-order chi connectivity index (χ1) is 5.84. The first kappa shape index (κ1) is 9.15. The van der Waals surface area contributed by atoms with Gasteiger partial charge in [-0.1, -0.05) is 30.3 Å². The first-order valence-electron chi connectivity index (χ1n) is 3.86. The molecule has 1 aromatic carbocycles. The van der Waals surface area contributed by atoms with Crippen molar-refractivity contribution < 1.29 is 4.57 Å². The highest BCUT2D eigenvalue weighted by molar-refractivity contribution is 7.27. The monoisotopic (exact) mass is 178 g/mol. The molecule has 0 amide bonds. The van der Waals surface area contributed by atoms with Gasteiger partial charge in [0.2, 0.25) is 0 Å². The van der Waals surface area contributed by atoms with E-state index in [-0.39, 0.29) is 8.46 Å². The topological polar surface area (TPSA) is 17.1 Å². The van der Waals surface area contributed by atoms with Crippen molar-refractivity contribution in [2.75, 3.05) is 0 Å². The summed E-state index contributed by atoms with van der Waals surface area (Å²) in [4.78, 5) is 0. The van der Waals surface area contributed by atoms with E-state index in [1.54, 1.807) is 5.82 Å². The van der Waals surface area contributed by atoms with Gasteiger partial charge in [0.05, 0.1) is 0 Å². The molecule has 0 bridgehead atoms. The standard InChI is InChI=1S/C10H11OP/c1-9-5-2-3-6-10(9)7-4-8-12-11/h2-6,8H,7H2,1H3. The fraction of sp³-hybridized carbons (Fsp3) is 0.200. The lowest BCUT2D eigenvalue weighted by atomic mass is 10.1. The van der Waals surface area contributed by atoms with Crippen LogP contribution >= 0.6 is 8.46 Å². The van der Waals surface area contributed by atoms with Crippen molar-refractivity contribution in [3.63, 3.8) is 0 Å². The molecule has 12 heavy (non-hydrogen) atoms. The van der Waals surface area contributed by atoms with Crippen LogP contribution in [-0.2, 0) is 11.0 Å². The smallest absolute Gasteiger partial charge is 0.183 e. The Kier molecular flexibility index (Phi) is 3.69. The molecule has 0 saturated heterocycles. The molecule has 0 aliphatic heterocycles. The summed E-state index contributed by atoms with van der Waals surface area (Å²) in [5.74, 6) is 1.63. The molecular formula is C10H11OP. The lowest BCUT2D eigenvalue weighted by molar-refractivity contribution is 0.602. The summed E-state index contributed by atoms with van der Waals surface area (Å²) < 4.78 is 10.1. The third-order valence-corrected chi connectivity index (χ3v) is 2.10. The summed E-state index contributed by atoms with van der Waals surface area (Å²) in [5.41, 5.74) is 2.57. The van der Waals surface area contributed by atoms with Gasteiger partial charge >= 0.3 is 0 Å². The average Bonchev–Trinajstić information content (AvgIpc) is 2.09. The average molecular weight is 178 g/mol. The Morgan fingerprint density at radius 2 is 2.17 bits per heavy atom. The predicted octanol–water partition coefficient (Wildman–Crippen LogP) is 3.34. The predicted molar refractivity (Wildman–Crippen MR) is 51.6 cm³/mol. The van der Waals surface area contributed by atoms with Gasteiger partial charge < -0.3 is 0 Å². The van der Waals surface area contributed by atoms with Crippen LogP contribution in [0.5, 0.6) is 0 Å². The Morgan fingerprint density at radius 3 is 2.83 bits per heavy atom. The zero-order chi connectivity index (χ0) is 8.81. The van der Waals surface area contributed by atoms with Gasteiger partial charge in [-0.05, 0) is 24.5 Å². The summed E-state index contributed by atoms with van der Waals surface area (Å²) in [6, 6.07) is 8.21. The van der Waals surface area contributed by atoms with Crippen molar-refractivity contribution in [1.29, 1.82) is 0 Å². The third kappa shape index (κ3) is 2.60. The molecule has 0 aromatic heterocycles. The van der Waals surface area contributed by atoms with Crippen LogP contribution in [0.25, 0.3) is 0 Å².